The Kier molecular flexibility index (Phi) is 1.09. The Morgan fingerprint density at radius 2 is 1.36 bits per heavy atom. The Labute approximate surface area is 81.8 Å². The average molecular weight is 192 g/mol. The summed E-state index contributed by atoms with van der Waals surface area (Å²) in [5.41, 5.74) is 0. The molecule has 5 rings (SSSR count). The van der Waals surface area contributed by atoms with E-state index >= 15 is 0 Å². The lowest BCUT2D eigenvalue weighted by Gasteiger charge is -2.41. The number of carbonyl (C=O) groups is 2. The van der Waals surface area contributed by atoms with Gasteiger partial charge < -0.3 is 4.74 Å². The first-order valence-electron chi connectivity index (χ1n) is 5.53. The number of hydrogen-bond donors (Lipinski definition) is 0. The third-order valence-electron chi connectivity index (χ3n) is 4.88. The van der Waals surface area contributed by atoms with Gasteiger partial charge in [0.2, 0.25) is 0 Å². The van der Waals surface area contributed by atoms with E-state index in [0.717, 1.165) is 24.7 Å². The maximum Gasteiger partial charge on any atom is 0.317 e. The van der Waals surface area contributed by atoms with Crippen molar-refractivity contribution in [3.8, 4) is 0 Å². The van der Waals surface area contributed by atoms with Crippen molar-refractivity contribution in [3.05, 3.63) is 0 Å². The first-order chi connectivity index (χ1) is 6.77. The van der Waals surface area contributed by atoms with E-state index in [4.69, 9.17) is 4.74 Å². The summed E-state index contributed by atoms with van der Waals surface area (Å²) in [7, 11) is 0. The van der Waals surface area contributed by atoms with E-state index in [-0.39, 0.29) is 23.8 Å². The molecule has 5 aliphatic rings. The Hall–Kier alpha value is -0.860. The van der Waals surface area contributed by atoms with Crippen LogP contribution in [0, 0.1) is 35.5 Å². The van der Waals surface area contributed by atoms with Crippen molar-refractivity contribution in [2.75, 3.05) is 0 Å². The molecule has 0 aromatic carbocycles. The number of ether oxygens (including phenoxy) is 1. The predicted molar refractivity (Wildman–Crippen MR) is 45.9 cm³/mol. The van der Waals surface area contributed by atoms with Crippen molar-refractivity contribution in [1.82, 2.24) is 0 Å². The number of esters is 2. The lowest BCUT2D eigenvalue weighted by molar-refractivity contribution is -0.154. The fourth-order valence-corrected chi connectivity index (χ4v) is 4.34. The molecular weight excluding hydrogens is 180 g/mol. The molecule has 5 unspecified atom stereocenters. The van der Waals surface area contributed by atoms with Crippen molar-refractivity contribution in [2.24, 2.45) is 35.5 Å². The van der Waals surface area contributed by atoms with Crippen LogP contribution in [-0.2, 0) is 14.3 Å². The van der Waals surface area contributed by atoms with Crippen LogP contribution in [0.2, 0.25) is 0 Å². The number of fused-ring (bicyclic) bond motifs is 1. The smallest absolute Gasteiger partial charge is 0.317 e. The molecule has 0 radical (unpaired) electrons. The number of cyclic esters (lactones) is 2. The van der Waals surface area contributed by atoms with Gasteiger partial charge in [0.15, 0.2) is 0 Å². The lowest BCUT2D eigenvalue weighted by Crippen LogP contribution is -2.43. The molecule has 3 nitrogen and oxygen atoms in total. The Morgan fingerprint density at radius 3 is 1.86 bits per heavy atom. The zero-order valence-electron chi connectivity index (χ0n) is 7.81. The third-order valence-corrected chi connectivity index (χ3v) is 4.88. The minimum Gasteiger partial charge on any atom is -0.393 e. The van der Waals surface area contributed by atoms with Crippen LogP contribution in [0.4, 0.5) is 0 Å². The van der Waals surface area contributed by atoms with Crippen LogP contribution in [0.15, 0.2) is 0 Å². The Bertz CT molecular complexity index is 316. The molecule has 2 bridgehead atoms. The quantitative estimate of drug-likeness (QED) is 0.424. The van der Waals surface area contributed by atoms with Crippen LogP contribution >= 0.6 is 0 Å². The number of carbonyl (C=O) groups excluding carboxylic acids is 2. The Morgan fingerprint density at radius 1 is 0.857 bits per heavy atom. The number of rotatable bonds is 0. The highest BCUT2D eigenvalue weighted by Crippen LogP contribution is 2.67. The highest BCUT2D eigenvalue weighted by molar-refractivity contribution is 5.97. The van der Waals surface area contributed by atoms with E-state index in [0.29, 0.717) is 11.8 Å². The minimum absolute atomic E-state index is 0.0509. The molecule has 0 spiro atoms. The average Bonchev–Trinajstić information content (AvgIpc) is 2.92. The topological polar surface area (TPSA) is 43.4 Å². The fraction of sp³-hybridized carbons (Fsp3) is 0.818. The number of hydrogen-bond acceptors (Lipinski definition) is 3. The molecule has 1 heterocycles. The fourth-order valence-electron chi connectivity index (χ4n) is 4.34. The molecule has 4 saturated carbocycles. The lowest BCUT2D eigenvalue weighted by atomic mass is 9.59. The van der Waals surface area contributed by atoms with Gasteiger partial charge >= 0.3 is 11.9 Å². The Balaban J connectivity index is 1.83. The molecule has 6 atom stereocenters. The van der Waals surface area contributed by atoms with E-state index in [1.54, 1.807) is 0 Å². The summed E-state index contributed by atoms with van der Waals surface area (Å²) in [6.07, 6.45) is 3.56. The molecule has 0 N–H and O–H groups in total. The molecule has 0 aromatic heterocycles. The highest BCUT2D eigenvalue weighted by atomic mass is 16.6. The van der Waals surface area contributed by atoms with Crippen molar-refractivity contribution >= 4 is 11.9 Å². The first-order valence-corrected chi connectivity index (χ1v) is 5.53. The van der Waals surface area contributed by atoms with E-state index < -0.39 is 0 Å². The molecular formula is C11H12O3. The van der Waals surface area contributed by atoms with E-state index in [1.807, 2.05) is 0 Å². The van der Waals surface area contributed by atoms with Crippen LogP contribution in [0.25, 0.3) is 0 Å². The summed E-state index contributed by atoms with van der Waals surface area (Å²) in [6, 6.07) is 0. The van der Waals surface area contributed by atoms with Crippen LogP contribution in [0.1, 0.15) is 19.3 Å². The summed E-state index contributed by atoms with van der Waals surface area (Å²) in [6.45, 7) is 0. The second-order valence-electron chi connectivity index (χ2n) is 5.26. The van der Waals surface area contributed by atoms with Crippen LogP contribution in [0.3, 0.4) is 0 Å². The van der Waals surface area contributed by atoms with Crippen LogP contribution in [-0.4, -0.2) is 11.9 Å². The molecule has 74 valence electrons. The standard InChI is InChI=1S/C11H12O3/c12-10-8-4-1-2-5(7-3-6(4)7)9(8)11(13)14-10/h4-9H,1-3H2/t4?,5?,6?,7?,8-,9?/m1/s1. The van der Waals surface area contributed by atoms with Crippen molar-refractivity contribution in [1.29, 1.82) is 0 Å². The van der Waals surface area contributed by atoms with Gasteiger partial charge in [0.25, 0.3) is 0 Å². The van der Waals surface area contributed by atoms with E-state index in [9.17, 15) is 9.59 Å². The van der Waals surface area contributed by atoms with Gasteiger partial charge in [-0.1, -0.05) is 0 Å². The third kappa shape index (κ3) is 0.645. The second kappa shape index (κ2) is 2.05. The van der Waals surface area contributed by atoms with Crippen molar-refractivity contribution in [2.45, 2.75) is 19.3 Å². The maximum absolute atomic E-state index is 11.5. The van der Waals surface area contributed by atoms with Gasteiger partial charge in [-0.3, -0.25) is 9.59 Å². The van der Waals surface area contributed by atoms with E-state index in [1.165, 1.54) is 6.42 Å². The maximum atomic E-state index is 11.5. The zero-order valence-corrected chi connectivity index (χ0v) is 7.81. The molecule has 0 amide bonds. The SMILES string of the molecule is O=C1OC(=O)[C@@H]2C3CCC(C4CC43)C12. The molecule has 0 aromatic rings. The molecule has 4 aliphatic carbocycles. The summed E-state index contributed by atoms with van der Waals surface area (Å²) in [5.74, 6) is 1.93. The van der Waals surface area contributed by atoms with Crippen molar-refractivity contribution < 1.29 is 14.3 Å². The molecule has 1 aliphatic heterocycles. The highest BCUT2D eigenvalue weighted by Gasteiger charge is 2.67. The van der Waals surface area contributed by atoms with Gasteiger partial charge in [-0.2, -0.15) is 0 Å². The molecule has 5 fully saturated rings. The van der Waals surface area contributed by atoms with E-state index in [2.05, 4.69) is 0 Å². The summed E-state index contributed by atoms with van der Waals surface area (Å²) in [5, 5.41) is 0. The predicted octanol–water partition coefficient (Wildman–Crippen LogP) is 0.978. The van der Waals surface area contributed by atoms with Crippen LogP contribution in [0.5, 0.6) is 0 Å². The summed E-state index contributed by atoms with van der Waals surface area (Å²) >= 11 is 0. The van der Waals surface area contributed by atoms with Gasteiger partial charge in [-0.25, -0.2) is 0 Å². The first kappa shape index (κ1) is 7.43. The largest absolute Gasteiger partial charge is 0.393 e. The molecule has 14 heavy (non-hydrogen) atoms. The minimum atomic E-state index is -0.222. The van der Waals surface area contributed by atoms with Gasteiger partial charge in [-0.05, 0) is 42.9 Å². The van der Waals surface area contributed by atoms with Crippen molar-refractivity contribution in [3.63, 3.8) is 0 Å². The normalized spacial score (nSPS) is 58.0. The molecule has 1 saturated heterocycles. The summed E-state index contributed by atoms with van der Waals surface area (Å²) in [4.78, 5) is 23.1. The molecule has 3 heteroatoms. The second-order valence-corrected chi connectivity index (χ2v) is 5.26. The summed E-state index contributed by atoms with van der Waals surface area (Å²) < 4.78 is 4.78. The van der Waals surface area contributed by atoms with Gasteiger partial charge in [0.1, 0.15) is 0 Å². The zero-order chi connectivity index (χ0) is 9.45. The van der Waals surface area contributed by atoms with Gasteiger partial charge in [-0.15, -0.1) is 0 Å². The monoisotopic (exact) mass is 192 g/mol. The van der Waals surface area contributed by atoms with Crippen LogP contribution < -0.4 is 0 Å². The van der Waals surface area contributed by atoms with Gasteiger partial charge in [0, 0.05) is 0 Å². The van der Waals surface area contributed by atoms with Gasteiger partial charge in [0.05, 0.1) is 11.8 Å².